The van der Waals surface area contributed by atoms with Gasteiger partial charge in [-0.15, -0.1) is 0 Å². The summed E-state index contributed by atoms with van der Waals surface area (Å²) in [7, 11) is 0. The van der Waals surface area contributed by atoms with E-state index in [9.17, 15) is 0 Å². The minimum absolute atomic E-state index is 0.531. The Morgan fingerprint density at radius 3 is 2.75 bits per heavy atom. The van der Waals surface area contributed by atoms with Crippen LogP contribution in [0, 0.1) is 0 Å². The number of nitrogens with zero attached hydrogens (tertiary/aromatic N) is 1. The van der Waals surface area contributed by atoms with E-state index >= 15 is 0 Å². The molecule has 1 aliphatic carbocycles. The first-order valence-electron chi connectivity index (χ1n) is 6.84. The van der Waals surface area contributed by atoms with Gasteiger partial charge in [0.25, 0.3) is 0 Å². The van der Waals surface area contributed by atoms with Gasteiger partial charge in [-0.25, -0.2) is 0 Å². The highest BCUT2D eigenvalue weighted by Crippen LogP contribution is 2.19. The molecule has 1 fully saturated rings. The summed E-state index contributed by atoms with van der Waals surface area (Å²) in [5.74, 6) is 1.19. The zero-order valence-electron chi connectivity index (χ0n) is 10.2. The summed E-state index contributed by atoms with van der Waals surface area (Å²) in [4.78, 5) is 4.46. The summed E-state index contributed by atoms with van der Waals surface area (Å²) >= 11 is 0. The summed E-state index contributed by atoms with van der Waals surface area (Å²) in [6.45, 7) is 2.77. The van der Waals surface area contributed by atoms with Crippen molar-refractivity contribution >= 4 is 5.84 Å². The van der Waals surface area contributed by atoms with Crippen LogP contribution in [-0.2, 0) is 4.74 Å². The van der Waals surface area contributed by atoms with Crippen molar-refractivity contribution in [2.24, 2.45) is 4.99 Å². The van der Waals surface area contributed by atoms with E-state index in [0.717, 1.165) is 26.1 Å². The predicted octanol–water partition coefficient (Wildman–Crippen LogP) is 2.51. The van der Waals surface area contributed by atoms with Crippen molar-refractivity contribution in [1.82, 2.24) is 5.32 Å². The van der Waals surface area contributed by atoms with Crippen molar-refractivity contribution in [2.45, 2.75) is 57.5 Å². The quantitative estimate of drug-likeness (QED) is 0.744. The van der Waals surface area contributed by atoms with Gasteiger partial charge in [0.15, 0.2) is 0 Å². The molecule has 0 spiro atoms. The first-order chi connectivity index (χ1) is 7.95. The normalized spacial score (nSPS) is 22.9. The van der Waals surface area contributed by atoms with Crippen LogP contribution in [0.4, 0.5) is 0 Å². The molecule has 1 aliphatic heterocycles. The molecule has 92 valence electrons. The lowest BCUT2D eigenvalue weighted by Crippen LogP contribution is -2.30. The molecule has 1 N–H and O–H groups in total. The summed E-state index contributed by atoms with van der Waals surface area (Å²) in [6.07, 6.45) is 10.8. The minimum atomic E-state index is 0.531. The molecule has 3 heteroatoms. The molecule has 0 atom stereocenters. The van der Waals surface area contributed by atoms with Gasteiger partial charge in [0.1, 0.15) is 0 Å². The highest BCUT2D eigenvalue weighted by atomic mass is 16.5. The molecule has 0 aromatic heterocycles. The predicted molar refractivity (Wildman–Crippen MR) is 67.0 cm³/mol. The molecule has 3 nitrogen and oxygen atoms in total. The molecule has 0 amide bonds. The zero-order valence-corrected chi connectivity index (χ0v) is 10.2. The lowest BCUT2D eigenvalue weighted by Gasteiger charge is -2.22. The van der Waals surface area contributed by atoms with E-state index in [-0.39, 0.29) is 0 Å². The van der Waals surface area contributed by atoms with Crippen molar-refractivity contribution in [2.75, 3.05) is 19.7 Å². The zero-order chi connectivity index (χ0) is 11.1. The van der Waals surface area contributed by atoms with Crippen molar-refractivity contribution in [1.29, 1.82) is 0 Å². The number of hydrogen-bond donors (Lipinski definition) is 1. The average Bonchev–Trinajstić information content (AvgIpc) is 2.37. The van der Waals surface area contributed by atoms with Crippen molar-refractivity contribution < 1.29 is 4.74 Å². The Hall–Kier alpha value is -0.570. The van der Waals surface area contributed by atoms with Crippen molar-refractivity contribution in [3.8, 4) is 0 Å². The molecule has 0 saturated heterocycles. The summed E-state index contributed by atoms with van der Waals surface area (Å²) in [5, 5.41) is 3.39. The number of aliphatic imine (C=N–C) groups is 1. The van der Waals surface area contributed by atoms with Gasteiger partial charge in [-0.3, -0.25) is 4.99 Å². The highest BCUT2D eigenvalue weighted by Gasteiger charge is 2.13. The second-order valence-corrected chi connectivity index (χ2v) is 4.84. The first kappa shape index (κ1) is 11.9. The molecule has 0 bridgehead atoms. The Morgan fingerprint density at radius 2 is 2.00 bits per heavy atom. The Kier molecular flexibility index (Phi) is 5.13. The van der Waals surface area contributed by atoms with Gasteiger partial charge in [0, 0.05) is 19.5 Å². The van der Waals surface area contributed by atoms with Crippen LogP contribution in [0.25, 0.3) is 0 Å². The summed E-state index contributed by atoms with van der Waals surface area (Å²) in [5.41, 5.74) is 0. The van der Waals surface area contributed by atoms with Gasteiger partial charge >= 0.3 is 0 Å². The number of ether oxygens (including phenoxy) is 1. The Balaban J connectivity index is 1.52. The summed E-state index contributed by atoms with van der Waals surface area (Å²) in [6, 6.07) is 0. The van der Waals surface area contributed by atoms with E-state index in [0.29, 0.717) is 6.10 Å². The molecule has 16 heavy (non-hydrogen) atoms. The van der Waals surface area contributed by atoms with E-state index in [1.165, 1.54) is 50.8 Å². The Bertz CT molecular complexity index is 222. The second kappa shape index (κ2) is 6.89. The molecule has 2 rings (SSSR count). The molecule has 0 unspecified atom stereocenters. The fraction of sp³-hybridized carbons (Fsp3) is 0.923. The maximum absolute atomic E-state index is 5.86. The maximum Gasteiger partial charge on any atom is 0.0963 e. The van der Waals surface area contributed by atoms with Gasteiger partial charge in [-0.1, -0.05) is 19.3 Å². The standard InChI is InChI=1S/C13H24N2O/c1-2-6-12(7-3-1)16-11-10-15-13-8-4-5-9-14-13/h12H,1-11H2,(H,14,15). The van der Waals surface area contributed by atoms with Crippen LogP contribution in [0.2, 0.25) is 0 Å². The number of nitrogens with one attached hydrogen (secondary N) is 1. The third-order valence-electron chi connectivity index (χ3n) is 3.46. The second-order valence-electron chi connectivity index (χ2n) is 4.84. The molecular formula is C13H24N2O. The third kappa shape index (κ3) is 4.12. The molecule has 1 saturated carbocycles. The first-order valence-corrected chi connectivity index (χ1v) is 6.84. The highest BCUT2D eigenvalue weighted by molar-refractivity contribution is 5.82. The number of rotatable bonds is 4. The van der Waals surface area contributed by atoms with E-state index in [4.69, 9.17) is 4.74 Å². The van der Waals surface area contributed by atoms with E-state index in [1.54, 1.807) is 0 Å². The van der Waals surface area contributed by atoms with Crippen LogP contribution in [-0.4, -0.2) is 31.6 Å². The van der Waals surface area contributed by atoms with Crippen LogP contribution in [0.1, 0.15) is 51.4 Å². The Morgan fingerprint density at radius 1 is 1.12 bits per heavy atom. The molecule has 0 radical (unpaired) electrons. The maximum atomic E-state index is 5.86. The fourth-order valence-electron chi connectivity index (χ4n) is 2.49. The molecule has 2 aliphatic rings. The largest absolute Gasteiger partial charge is 0.376 e. The third-order valence-corrected chi connectivity index (χ3v) is 3.46. The van der Waals surface area contributed by atoms with Crippen LogP contribution < -0.4 is 5.32 Å². The topological polar surface area (TPSA) is 33.6 Å². The molecule has 1 heterocycles. The number of hydrogen-bond acceptors (Lipinski definition) is 3. The van der Waals surface area contributed by atoms with E-state index < -0.39 is 0 Å². The van der Waals surface area contributed by atoms with Crippen LogP contribution >= 0.6 is 0 Å². The molecular weight excluding hydrogens is 200 g/mol. The monoisotopic (exact) mass is 224 g/mol. The van der Waals surface area contributed by atoms with Crippen LogP contribution in [0.15, 0.2) is 4.99 Å². The van der Waals surface area contributed by atoms with Gasteiger partial charge < -0.3 is 10.1 Å². The molecule has 0 aromatic rings. The van der Waals surface area contributed by atoms with Crippen molar-refractivity contribution in [3.05, 3.63) is 0 Å². The lowest BCUT2D eigenvalue weighted by molar-refractivity contribution is 0.0318. The Labute approximate surface area is 98.7 Å². The van der Waals surface area contributed by atoms with Crippen LogP contribution in [0.3, 0.4) is 0 Å². The smallest absolute Gasteiger partial charge is 0.0963 e. The van der Waals surface area contributed by atoms with Crippen LogP contribution in [0.5, 0.6) is 0 Å². The molecule has 0 aromatic carbocycles. The van der Waals surface area contributed by atoms with E-state index in [2.05, 4.69) is 10.3 Å². The van der Waals surface area contributed by atoms with Gasteiger partial charge in [0.2, 0.25) is 0 Å². The van der Waals surface area contributed by atoms with Gasteiger partial charge in [-0.05, 0) is 25.7 Å². The van der Waals surface area contributed by atoms with E-state index in [1.807, 2.05) is 0 Å². The fourth-order valence-corrected chi connectivity index (χ4v) is 2.49. The lowest BCUT2D eigenvalue weighted by atomic mass is 9.98. The average molecular weight is 224 g/mol. The minimum Gasteiger partial charge on any atom is -0.376 e. The van der Waals surface area contributed by atoms with Gasteiger partial charge in [0.05, 0.1) is 18.5 Å². The SMILES string of the molecule is C1CCC(OCCNC2=NCCCC2)CC1. The summed E-state index contributed by atoms with van der Waals surface area (Å²) < 4.78 is 5.86. The van der Waals surface area contributed by atoms with Crippen molar-refractivity contribution in [3.63, 3.8) is 0 Å². The van der Waals surface area contributed by atoms with Gasteiger partial charge in [-0.2, -0.15) is 0 Å². The number of amidine groups is 1.